The van der Waals surface area contributed by atoms with Crippen molar-refractivity contribution >= 4 is 17.7 Å². The van der Waals surface area contributed by atoms with Crippen LogP contribution in [0.2, 0.25) is 0 Å². The Kier molecular flexibility index (Phi) is 6.19. The summed E-state index contributed by atoms with van der Waals surface area (Å²) in [5.41, 5.74) is 3.34. The largest absolute Gasteiger partial charge is 0.339 e. The molecule has 2 nitrogen and oxygen atoms in total. The van der Waals surface area contributed by atoms with E-state index in [0.717, 1.165) is 24.2 Å². The van der Waals surface area contributed by atoms with E-state index in [1.54, 1.807) is 0 Å². The summed E-state index contributed by atoms with van der Waals surface area (Å²) < 4.78 is 0. The van der Waals surface area contributed by atoms with Gasteiger partial charge in [-0.2, -0.15) is 0 Å². The molecule has 0 aromatic heterocycles. The van der Waals surface area contributed by atoms with Gasteiger partial charge in [-0.3, -0.25) is 4.79 Å². The second-order valence-corrected chi connectivity index (χ2v) is 8.06. The van der Waals surface area contributed by atoms with Crippen molar-refractivity contribution in [2.45, 2.75) is 55.7 Å². The quantitative estimate of drug-likeness (QED) is 0.643. The monoisotopic (exact) mass is 353 g/mol. The van der Waals surface area contributed by atoms with E-state index in [2.05, 4.69) is 43.3 Å². The molecule has 0 heterocycles. The molecular weight excluding hydrogens is 326 g/mol. The maximum atomic E-state index is 12.7. The van der Waals surface area contributed by atoms with E-state index < -0.39 is 0 Å². The molecule has 0 N–H and O–H groups in total. The van der Waals surface area contributed by atoms with Gasteiger partial charge in [0.2, 0.25) is 0 Å². The zero-order chi connectivity index (χ0) is 17.6. The van der Waals surface area contributed by atoms with Crippen LogP contribution in [0.4, 0.5) is 0 Å². The first-order valence-electron chi connectivity index (χ1n) is 9.19. The minimum atomic E-state index is 0.157. The molecule has 0 spiro atoms. The van der Waals surface area contributed by atoms with Crippen molar-refractivity contribution in [1.29, 1.82) is 0 Å². The molecule has 0 aliphatic heterocycles. The average Bonchev–Trinajstić information content (AvgIpc) is 2.67. The summed E-state index contributed by atoms with van der Waals surface area (Å²) in [6, 6.07) is 17.2. The van der Waals surface area contributed by atoms with Gasteiger partial charge in [-0.25, -0.2) is 0 Å². The van der Waals surface area contributed by atoms with Crippen LogP contribution in [-0.2, 0) is 5.75 Å². The molecule has 1 saturated carbocycles. The number of carbonyl (C=O) groups excluding carboxylic acids is 1. The molecule has 2 aromatic carbocycles. The van der Waals surface area contributed by atoms with Crippen molar-refractivity contribution in [3.8, 4) is 0 Å². The summed E-state index contributed by atoms with van der Waals surface area (Å²) in [7, 11) is 1.96. The lowest BCUT2D eigenvalue weighted by Crippen LogP contribution is -2.38. The van der Waals surface area contributed by atoms with Crippen LogP contribution < -0.4 is 0 Å². The first-order valence-corrected chi connectivity index (χ1v) is 10.2. The average molecular weight is 354 g/mol. The van der Waals surface area contributed by atoms with Crippen LogP contribution in [-0.4, -0.2) is 23.9 Å². The number of thioether (sulfide) groups is 1. The zero-order valence-electron chi connectivity index (χ0n) is 15.2. The maximum absolute atomic E-state index is 12.7. The Morgan fingerprint density at radius 2 is 1.64 bits per heavy atom. The number of nitrogens with zero attached hydrogens (tertiary/aromatic N) is 1. The van der Waals surface area contributed by atoms with Crippen LogP contribution in [0, 0.1) is 6.92 Å². The van der Waals surface area contributed by atoms with E-state index in [9.17, 15) is 4.79 Å². The van der Waals surface area contributed by atoms with Gasteiger partial charge in [0.05, 0.1) is 0 Å². The normalized spacial score (nSPS) is 15.1. The lowest BCUT2D eigenvalue weighted by Gasteiger charge is -2.31. The number of hydrogen-bond acceptors (Lipinski definition) is 2. The third kappa shape index (κ3) is 4.88. The highest BCUT2D eigenvalue weighted by atomic mass is 32.2. The van der Waals surface area contributed by atoms with E-state index in [0.29, 0.717) is 6.04 Å². The first-order chi connectivity index (χ1) is 12.1. The standard InChI is InChI=1S/C22H27NOS/c1-17-8-14-21(15-9-17)25-16-18-10-12-19(13-11-18)22(24)23(2)20-6-4-3-5-7-20/h8-15,20H,3-7,16H2,1-2H3. The van der Waals surface area contributed by atoms with Gasteiger partial charge in [0.25, 0.3) is 5.91 Å². The highest BCUT2D eigenvalue weighted by Crippen LogP contribution is 2.25. The first kappa shape index (κ1) is 18.1. The summed E-state index contributed by atoms with van der Waals surface area (Å²) in [6.45, 7) is 2.11. The number of aryl methyl sites for hydroxylation is 1. The van der Waals surface area contributed by atoms with Gasteiger partial charge in [-0.1, -0.05) is 49.1 Å². The van der Waals surface area contributed by atoms with E-state index in [4.69, 9.17) is 0 Å². The van der Waals surface area contributed by atoms with Crippen LogP contribution in [0.1, 0.15) is 53.6 Å². The third-order valence-electron chi connectivity index (χ3n) is 5.07. The SMILES string of the molecule is Cc1ccc(SCc2ccc(C(=O)N(C)C3CCCCC3)cc2)cc1. The van der Waals surface area contributed by atoms with Crippen molar-refractivity contribution in [3.63, 3.8) is 0 Å². The lowest BCUT2D eigenvalue weighted by atomic mass is 9.94. The molecule has 1 fully saturated rings. The van der Waals surface area contributed by atoms with Crippen molar-refractivity contribution < 1.29 is 4.79 Å². The minimum Gasteiger partial charge on any atom is -0.339 e. The summed E-state index contributed by atoms with van der Waals surface area (Å²) in [4.78, 5) is 15.9. The van der Waals surface area contributed by atoms with Crippen LogP contribution in [0.15, 0.2) is 53.4 Å². The number of carbonyl (C=O) groups is 1. The molecule has 2 aromatic rings. The molecule has 0 unspecified atom stereocenters. The predicted molar refractivity (Wildman–Crippen MR) is 106 cm³/mol. The summed E-state index contributed by atoms with van der Waals surface area (Å²) >= 11 is 1.83. The van der Waals surface area contributed by atoms with E-state index in [1.165, 1.54) is 35.3 Å². The van der Waals surface area contributed by atoms with Gasteiger partial charge < -0.3 is 4.90 Å². The van der Waals surface area contributed by atoms with Gasteiger partial charge in [0, 0.05) is 29.3 Å². The Bertz CT molecular complexity index is 687. The fourth-order valence-electron chi connectivity index (χ4n) is 3.38. The Hall–Kier alpha value is -1.74. The molecule has 0 saturated heterocycles. The van der Waals surface area contributed by atoms with E-state index in [-0.39, 0.29) is 5.91 Å². The van der Waals surface area contributed by atoms with Crippen molar-refractivity contribution in [2.75, 3.05) is 7.05 Å². The Balaban J connectivity index is 1.57. The molecule has 3 heteroatoms. The Labute approximate surface area is 155 Å². The summed E-state index contributed by atoms with van der Waals surface area (Å²) in [5.74, 6) is 1.08. The van der Waals surface area contributed by atoms with Gasteiger partial charge in [0.15, 0.2) is 0 Å². The number of rotatable bonds is 5. The lowest BCUT2D eigenvalue weighted by molar-refractivity contribution is 0.0696. The second-order valence-electron chi connectivity index (χ2n) is 7.01. The molecule has 132 valence electrons. The molecule has 25 heavy (non-hydrogen) atoms. The Morgan fingerprint density at radius 1 is 1.00 bits per heavy atom. The van der Waals surface area contributed by atoms with Gasteiger partial charge in [0.1, 0.15) is 0 Å². The highest BCUT2D eigenvalue weighted by Gasteiger charge is 2.22. The number of hydrogen-bond donors (Lipinski definition) is 0. The fourth-order valence-corrected chi connectivity index (χ4v) is 4.24. The van der Waals surface area contributed by atoms with Crippen molar-refractivity contribution in [1.82, 2.24) is 4.90 Å². The van der Waals surface area contributed by atoms with E-state index >= 15 is 0 Å². The molecular formula is C22H27NOS. The second kappa shape index (κ2) is 8.57. The number of benzene rings is 2. The third-order valence-corrected chi connectivity index (χ3v) is 6.15. The summed E-state index contributed by atoms with van der Waals surface area (Å²) in [6.07, 6.45) is 6.10. The molecule has 1 aliphatic carbocycles. The zero-order valence-corrected chi connectivity index (χ0v) is 16.0. The van der Waals surface area contributed by atoms with Crippen LogP contribution in [0.5, 0.6) is 0 Å². The van der Waals surface area contributed by atoms with Crippen LogP contribution in [0.3, 0.4) is 0 Å². The van der Waals surface area contributed by atoms with Crippen molar-refractivity contribution in [3.05, 3.63) is 65.2 Å². The smallest absolute Gasteiger partial charge is 0.253 e. The van der Waals surface area contributed by atoms with Gasteiger partial charge >= 0.3 is 0 Å². The topological polar surface area (TPSA) is 20.3 Å². The van der Waals surface area contributed by atoms with Crippen LogP contribution in [0.25, 0.3) is 0 Å². The molecule has 0 atom stereocenters. The highest BCUT2D eigenvalue weighted by molar-refractivity contribution is 7.98. The molecule has 1 amide bonds. The van der Waals surface area contributed by atoms with Crippen LogP contribution >= 0.6 is 11.8 Å². The molecule has 3 rings (SSSR count). The van der Waals surface area contributed by atoms with Crippen molar-refractivity contribution in [2.24, 2.45) is 0 Å². The maximum Gasteiger partial charge on any atom is 0.253 e. The predicted octanol–water partition coefficient (Wildman–Crippen LogP) is 5.69. The molecule has 1 aliphatic rings. The minimum absolute atomic E-state index is 0.157. The molecule has 0 bridgehead atoms. The van der Waals surface area contributed by atoms with E-state index in [1.807, 2.05) is 35.8 Å². The molecule has 0 radical (unpaired) electrons. The van der Waals surface area contributed by atoms with Gasteiger partial charge in [-0.15, -0.1) is 11.8 Å². The Morgan fingerprint density at radius 3 is 2.28 bits per heavy atom. The fraction of sp³-hybridized carbons (Fsp3) is 0.409. The number of amides is 1. The van der Waals surface area contributed by atoms with Gasteiger partial charge in [-0.05, 0) is 49.6 Å². The summed E-state index contributed by atoms with van der Waals surface area (Å²) in [5, 5.41) is 0.